The number of ether oxygens (including phenoxy) is 3. The van der Waals surface area contributed by atoms with E-state index >= 15 is 0 Å². The van der Waals surface area contributed by atoms with Gasteiger partial charge in [-0.3, -0.25) is 14.4 Å². The van der Waals surface area contributed by atoms with Gasteiger partial charge in [0.2, 0.25) is 0 Å². The van der Waals surface area contributed by atoms with Gasteiger partial charge in [0.25, 0.3) is 0 Å². The molecule has 0 aliphatic carbocycles. The average Bonchev–Trinajstić information content (AvgIpc) is 3.37. The van der Waals surface area contributed by atoms with Crippen molar-refractivity contribution in [2.24, 2.45) is 0 Å². The summed E-state index contributed by atoms with van der Waals surface area (Å²) in [6.45, 7) is 6.50. The van der Waals surface area contributed by atoms with Crippen LogP contribution in [0.3, 0.4) is 0 Å². The fourth-order valence-electron chi connectivity index (χ4n) is 8.71. The third-order valence-electron chi connectivity index (χ3n) is 13.2. The van der Waals surface area contributed by atoms with Gasteiger partial charge in [0.05, 0.1) is 0 Å². The summed E-state index contributed by atoms with van der Waals surface area (Å²) < 4.78 is 16.8. The minimum atomic E-state index is -0.803. The maximum atomic E-state index is 12.9. The molecule has 0 aromatic rings. The van der Waals surface area contributed by atoms with Gasteiger partial charge in [0.15, 0.2) is 6.10 Å². The summed E-state index contributed by atoms with van der Waals surface area (Å²) in [5, 5.41) is 0. The summed E-state index contributed by atoms with van der Waals surface area (Å²) in [5.41, 5.74) is 0. The van der Waals surface area contributed by atoms with Gasteiger partial charge >= 0.3 is 17.9 Å². The van der Waals surface area contributed by atoms with Crippen molar-refractivity contribution in [2.45, 2.75) is 309 Å². The maximum Gasteiger partial charge on any atom is 0.306 e. The maximum absolute atomic E-state index is 12.9. The molecular formula is C65H114O6. The topological polar surface area (TPSA) is 78.9 Å². The van der Waals surface area contributed by atoms with Gasteiger partial charge in [-0.25, -0.2) is 0 Å². The normalized spacial score (nSPS) is 12.5. The summed E-state index contributed by atoms with van der Waals surface area (Å²) in [4.78, 5) is 38.2. The van der Waals surface area contributed by atoms with Crippen LogP contribution in [0.2, 0.25) is 0 Å². The molecule has 0 amide bonds. The summed E-state index contributed by atoms with van der Waals surface area (Å²) in [7, 11) is 0. The highest BCUT2D eigenvalue weighted by atomic mass is 16.6. The molecule has 410 valence electrons. The van der Waals surface area contributed by atoms with Gasteiger partial charge in [-0.1, -0.05) is 299 Å². The molecule has 6 heteroatoms. The van der Waals surface area contributed by atoms with Crippen molar-refractivity contribution in [1.29, 1.82) is 0 Å². The molecule has 0 aromatic carbocycles. The highest BCUT2D eigenvalue weighted by Crippen LogP contribution is 2.17. The molecule has 0 spiro atoms. The van der Waals surface area contributed by atoms with Crippen LogP contribution in [0.25, 0.3) is 0 Å². The van der Waals surface area contributed by atoms with Gasteiger partial charge in [-0.05, 0) is 57.8 Å². The lowest BCUT2D eigenvalue weighted by molar-refractivity contribution is -0.166. The van der Waals surface area contributed by atoms with Gasteiger partial charge in [0.1, 0.15) is 13.2 Å². The summed E-state index contributed by atoms with van der Waals surface area (Å²) >= 11 is 0. The molecule has 6 nitrogen and oxygen atoms in total. The Hall–Kier alpha value is -3.15. The second-order valence-electron chi connectivity index (χ2n) is 20.2. The van der Waals surface area contributed by atoms with E-state index in [2.05, 4.69) is 87.6 Å². The molecule has 0 aromatic heterocycles. The minimum absolute atomic E-state index is 0.0945. The summed E-state index contributed by atoms with van der Waals surface area (Å²) in [6, 6.07) is 0. The lowest BCUT2D eigenvalue weighted by Crippen LogP contribution is -2.30. The molecule has 0 saturated heterocycles. The predicted molar refractivity (Wildman–Crippen MR) is 307 cm³/mol. The van der Waals surface area contributed by atoms with Crippen LogP contribution in [-0.2, 0) is 28.6 Å². The second-order valence-corrected chi connectivity index (χ2v) is 20.2. The first-order chi connectivity index (χ1) is 35.0. The Bertz CT molecular complexity index is 1320. The molecule has 71 heavy (non-hydrogen) atoms. The Kier molecular flexibility index (Phi) is 56.8. The number of unbranched alkanes of at least 4 members (excludes halogenated alkanes) is 32. The highest BCUT2D eigenvalue weighted by Gasteiger charge is 2.19. The molecule has 0 unspecified atom stereocenters. The van der Waals surface area contributed by atoms with Gasteiger partial charge in [-0.15, -0.1) is 0 Å². The largest absolute Gasteiger partial charge is 0.462 e. The van der Waals surface area contributed by atoms with E-state index in [1.165, 1.54) is 180 Å². The number of hydrogen-bond acceptors (Lipinski definition) is 6. The monoisotopic (exact) mass is 991 g/mol. The van der Waals surface area contributed by atoms with Crippen molar-refractivity contribution in [3.8, 4) is 0 Å². The second kappa shape index (κ2) is 59.4. The van der Waals surface area contributed by atoms with E-state index in [0.29, 0.717) is 19.3 Å². The quantitative estimate of drug-likeness (QED) is 0.0261. The smallest absolute Gasteiger partial charge is 0.306 e. The number of carbonyl (C=O) groups excluding carboxylic acids is 3. The molecule has 0 fully saturated rings. The van der Waals surface area contributed by atoms with Gasteiger partial charge < -0.3 is 14.2 Å². The van der Waals surface area contributed by atoms with Crippen LogP contribution in [0.1, 0.15) is 303 Å². The fourth-order valence-corrected chi connectivity index (χ4v) is 8.71. The van der Waals surface area contributed by atoms with Crippen molar-refractivity contribution >= 4 is 17.9 Å². The Morgan fingerprint density at radius 2 is 0.549 bits per heavy atom. The summed E-state index contributed by atoms with van der Waals surface area (Å²) in [5.74, 6) is -0.968. The molecule has 0 aliphatic heterocycles. The number of rotatable bonds is 55. The van der Waals surface area contributed by atoms with E-state index in [0.717, 1.165) is 77.0 Å². The Balaban J connectivity index is 4.41. The first kappa shape index (κ1) is 67.8. The van der Waals surface area contributed by atoms with E-state index in [1.54, 1.807) is 0 Å². The van der Waals surface area contributed by atoms with E-state index in [1.807, 2.05) is 6.08 Å². The SMILES string of the molecule is CC/C=C\C/C=C\C/C=C\C/C=C\C/C=C\C/C=C\CCC(=O)OC[C@H](COC(=O)CCCCCCCCCCCCCCC)OC(=O)CCCCCCCCCCCCCCCCCCCCCCC. The Morgan fingerprint density at radius 1 is 0.296 bits per heavy atom. The molecule has 0 heterocycles. The zero-order valence-electron chi connectivity index (χ0n) is 47.0. The van der Waals surface area contributed by atoms with Crippen molar-refractivity contribution < 1.29 is 28.6 Å². The molecule has 1 atom stereocenters. The third-order valence-corrected chi connectivity index (χ3v) is 13.2. The standard InChI is InChI=1S/C65H114O6/c1-4-7-10-13-16-19-22-25-27-29-31-32-34-36-38-41-44-47-50-53-56-59-65(68)71-62(60-69-63(66)57-54-51-48-45-42-39-24-21-18-15-12-9-6-3)61-70-64(67)58-55-52-49-46-43-40-37-35-33-30-28-26-23-20-17-14-11-8-5-2/h8,11,17,20,26,28,33,35,40,43,49,52,62H,4-7,9-10,12-16,18-19,21-25,27,29-32,34,36-39,41-42,44-48,50-51,53-61H2,1-3H3/b11-8-,20-17-,28-26-,35-33-,43-40-,52-49-/t62-/m0/s1. The molecule has 0 saturated carbocycles. The number of allylic oxidation sites excluding steroid dienone is 12. The minimum Gasteiger partial charge on any atom is -0.462 e. The van der Waals surface area contributed by atoms with E-state index in [-0.39, 0.29) is 37.5 Å². The number of esters is 3. The van der Waals surface area contributed by atoms with E-state index in [9.17, 15) is 14.4 Å². The third kappa shape index (κ3) is 57.6. The highest BCUT2D eigenvalue weighted by molar-refractivity contribution is 5.71. The van der Waals surface area contributed by atoms with Crippen LogP contribution >= 0.6 is 0 Å². The van der Waals surface area contributed by atoms with E-state index < -0.39 is 6.10 Å². The fraction of sp³-hybridized carbons (Fsp3) is 0.769. The Morgan fingerprint density at radius 3 is 0.859 bits per heavy atom. The van der Waals surface area contributed by atoms with Crippen molar-refractivity contribution in [3.63, 3.8) is 0 Å². The molecular weight excluding hydrogens is 877 g/mol. The van der Waals surface area contributed by atoms with Crippen molar-refractivity contribution in [2.75, 3.05) is 13.2 Å². The van der Waals surface area contributed by atoms with Crippen LogP contribution in [0.4, 0.5) is 0 Å². The molecule has 0 aliphatic rings. The average molecular weight is 992 g/mol. The molecule has 0 radical (unpaired) electrons. The zero-order chi connectivity index (χ0) is 51.4. The lowest BCUT2D eigenvalue weighted by atomic mass is 10.0. The molecule has 0 bridgehead atoms. The van der Waals surface area contributed by atoms with Gasteiger partial charge in [-0.2, -0.15) is 0 Å². The zero-order valence-corrected chi connectivity index (χ0v) is 47.0. The van der Waals surface area contributed by atoms with Crippen molar-refractivity contribution in [1.82, 2.24) is 0 Å². The molecule has 0 rings (SSSR count). The van der Waals surface area contributed by atoms with E-state index in [4.69, 9.17) is 14.2 Å². The lowest BCUT2D eigenvalue weighted by Gasteiger charge is -2.18. The Labute approximate surface area is 440 Å². The van der Waals surface area contributed by atoms with Crippen LogP contribution in [0.15, 0.2) is 72.9 Å². The number of hydrogen-bond donors (Lipinski definition) is 0. The van der Waals surface area contributed by atoms with Gasteiger partial charge in [0, 0.05) is 19.3 Å². The van der Waals surface area contributed by atoms with Crippen LogP contribution in [0.5, 0.6) is 0 Å². The first-order valence-electron chi connectivity index (χ1n) is 30.4. The first-order valence-corrected chi connectivity index (χ1v) is 30.4. The predicted octanol–water partition coefficient (Wildman–Crippen LogP) is 20.5. The van der Waals surface area contributed by atoms with Crippen molar-refractivity contribution in [3.05, 3.63) is 72.9 Å². The van der Waals surface area contributed by atoms with Crippen LogP contribution in [-0.4, -0.2) is 37.2 Å². The van der Waals surface area contributed by atoms with Crippen LogP contribution < -0.4 is 0 Å². The molecule has 0 N–H and O–H groups in total. The van der Waals surface area contributed by atoms with Crippen LogP contribution in [0, 0.1) is 0 Å². The summed E-state index contributed by atoms with van der Waals surface area (Å²) in [6.07, 6.45) is 76.3. The number of carbonyl (C=O) groups is 3.